The average Bonchev–Trinajstić information content (AvgIpc) is 2.04. The van der Waals surface area contributed by atoms with Crippen LogP contribution in [0.2, 0.25) is 5.02 Å². The van der Waals surface area contributed by atoms with E-state index in [0.717, 1.165) is 0 Å². The highest BCUT2D eigenvalue weighted by Crippen LogP contribution is 2.26. The number of benzene rings is 1. The van der Waals surface area contributed by atoms with Crippen LogP contribution >= 0.6 is 19.9 Å². The topological polar surface area (TPSA) is 66.8 Å². The Labute approximate surface area is 80.7 Å². The van der Waals surface area contributed by atoms with E-state index < -0.39 is 14.5 Å². The Kier molecular flexibility index (Phi) is 3.90. The molecule has 2 atom stereocenters. The molecular weight excluding hydrogens is 214 g/mol. The van der Waals surface area contributed by atoms with Crippen molar-refractivity contribution in [3.8, 4) is 0 Å². The van der Waals surface area contributed by atoms with Gasteiger partial charge in [0.05, 0.1) is 0 Å². The highest BCUT2D eigenvalue weighted by atomic mass is 35.5. The van der Waals surface area contributed by atoms with Crippen LogP contribution in [0.15, 0.2) is 24.3 Å². The second-order valence-corrected chi connectivity index (χ2v) is 3.49. The summed E-state index contributed by atoms with van der Waals surface area (Å²) in [5.74, 6) is 0. The first kappa shape index (κ1) is 10.7. The van der Waals surface area contributed by atoms with Gasteiger partial charge in [0, 0.05) is 10.6 Å². The Morgan fingerprint density at radius 3 is 2.38 bits per heavy atom. The second-order valence-electron chi connectivity index (χ2n) is 2.29. The minimum Gasteiger partial charge on any atom is -0.364 e. The zero-order valence-corrected chi connectivity index (χ0v) is 8.23. The van der Waals surface area contributed by atoms with Crippen LogP contribution in [-0.2, 0) is 9.09 Å². The first-order valence-corrected chi connectivity index (χ1v) is 5.07. The summed E-state index contributed by atoms with van der Waals surface area (Å²) in [5, 5.41) is 9.70. The smallest absolute Gasteiger partial charge is 0.319 e. The van der Waals surface area contributed by atoms with E-state index in [1.54, 1.807) is 12.1 Å². The van der Waals surface area contributed by atoms with Gasteiger partial charge in [0.2, 0.25) is 0 Å². The molecule has 1 rings (SSSR count). The molecule has 0 heterocycles. The molecule has 4 nitrogen and oxygen atoms in total. The maximum atomic E-state index is 10.2. The van der Waals surface area contributed by atoms with Gasteiger partial charge in [0.25, 0.3) is 0 Å². The van der Waals surface area contributed by atoms with Crippen LogP contribution in [0.1, 0.15) is 11.9 Å². The van der Waals surface area contributed by atoms with Gasteiger partial charge in [-0.25, -0.2) is 0 Å². The van der Waals surface area contributed by atoms with Crippen LogP contribution in [0.25, 0.3) is 0 Å². The van der Waals surface area contributed by atoms with E-state index in [-0.39, 0.29) is 0 Å². The lowest BCUT2D eigenvalue weighted by Gasteiger charge is -2.08. The van der Waals surface area contributed by atoms with E-state index in [1.807, 2.05) is 0 Å². The van der Waals surface area contributed by atoms with E-state index in [9.17, 15) is 9.67 Å². The van der Waals surface area contributed by atoms with Crippen molar-refractivity contribution in [2.24, 2.45) is 0 Å². The number of halogens is 1. The highest BCUT2D eigenvalue weighted by Gasteiger charge is 2.09. The first-order valence-electron chi connectivity index (χ1n) is 3.42. The molecular formula is C7H8ClO4P. The van der Waals surface area contributed by atoms with Crippen molar-refractivity contribution in [3.05, 3.63) is 34.9 Å². The van der Waals surface area contributed by atoms with Crippen LogP contribution < -0.4 is 0 Å². The van der Waals surface area contributed by atoms with Gasteiger partial charge in [-0.1, -0.05) is 23.7 Å². The molecule has 2 N–H and O–H groups in total. The molecule has 72 valence electrons. The fraction of sp³-hybridized carbons (Fsp3) is 0.143. The highest BCUT2D eigenvalue weighted by molar-refractivity contribution is 7.32. The maximum Gasteiger partial charge on any atom is 0.319 e. The van der Waals surface area contributed by atoms with Gasteiger partial charge < -0.3 is 10.00 Å². The van der Waals surface area contributed by atoms with Crippen LogP contribution in [0.5, 0.6) is 0 Å². The van der Waals surface area contributed by atoms with Crippen LogP contribution in [0.3, 0.4) is 0 Å². The van der Waals surface area contributed by atoms with E-state index in [2.05, 4.69) is 4.52 Å². The molecule has 0 aliphatic heterocycles. The lowest BCUT2D eigenvalue weighted by atomic mass is 10.2. The summed E-state index contributed by atoms with van der Waals surface area (Å²) in [4.78, 5) is 8.38. The fourth-order valence-corrected chi connectivity index (χ4v) is 1.24. The lowest BCUT2D eigenvalue weighted by Crippen LogP contribution is -1.97. The molecule has 0 bridgehead atoms. The fourth-order valence-electron chi connectivity index (χ4n) is 0.791. The van der Waals surface area contributed by atoms with Gasteiger partial charge in [-0.15, -0.1) is 0 Å². The number of rotatable bonds is 3. The van der Waals surface area contributed by atoms with Crippen LogP contribution in [-0.4, -0.2) is 10.00 Å². The standard InChI is InChI=1S/C7H8ClO4P/c8-6-3-1-5(2-4-6)7(9)12-13(10)11/h1-4,7,9,13H,(H,10,11). The summed E-state index contributed by atoms with van der Waals surface area (Å²) in [7, 11) is -3.12. The van der Waals surface area contributed by atoms with Crippen molar-refractivity contribution in [3.63, 3.8) is 0 Å². The quantitative estimate of drug-likeness (QED) is 0.604. The van der Waals surface area contributed by atoms with Crippen molar-refractivity contribution in [1.82, 2.24) is 0 Å². The van der Waals surface area contributed by atoms with Gasteiger partial charge in [-0.3, -0.25) is 9.09 Å². The summed E-state index contributed by atoms with van der Waals surface area (Å²) >= 11 is 5.59. The Hall–Kier alpha value is -0.380. The molecule has 0 spiro atoms. The summed E-state index contributed by atoms with van der Waals surface area (Å²) in [6, 6.07) is 6.13. The summed E-state index contributed by atoms with van der Waals surface area (Å²) < 4.78 is 14.5. The normalized spacial score (nSPS) is 15.3. The van der Waals surface area contributed by atoms with Gasteiger partial charge in [0.15, 0.2) is 6.29 Å². The summed E-state index contributed by atoms with van der Waals surface area (Å²) in [6.45, 7) is 0. The predicted octanol–water partition coefficient (Wildman–Crippen LogP) is 1.73. The molecule has 2 unspecified atom stereocenters. The van der Waals surface area contributed by atoms with Crippen LogP contribution in [0.4, 0.5) is 0 Å². The van der Waals surface area contributed by atoms with Gasteiger partial charge in [-0.2, -0.15) is 0 Å². The van der Waals surface area contributed by atoms with Crippen LogP contribution in [0, 0.1) is 0 Å². The predicted molar refractivity (Wildman–Crippen MR) is 48.7 cm³/mol. The minimum absolute atomic E-state index is 0.386. The molecule has 0 amide bonds. The zero-order valence-electron chi connectivity index (χ0n) is 6.48. The van der Waals surface area contributed by atoms with Crippen molar-refractivity contribution in [2.75, 3.05) is 0 Å². The largest absolute Gasteiger partial charge is 0.364 e. The van der Waals surface area contributed by atoms with Crippen molar-refractivity contribution >= 4 is 19.9 Å². The summed E-state index contributed by atoms with van der Waals surface area (Å²) in [5.41, 5.74) is 0.386. The third kappa shape index (κ3) is 3.46. The van der Waals surface area contributed by atoms with Crippen molar-refractivity contribution < 1.29 is 19.1 Å². The molecule has 0 fully saturated rings. The van der Waals surface area contributed by atoms with Gasteiger partial charge in [-0.05, 0) is 12.1 Å². The number of aliphatic hydroxyl groups excluding tert-OH is 1. The molecule has 0 aromatic heterocycles. The van der Waals surface area contributed by atoms with Gasteiger partial charge >= 0.3 is 8.25 Å². The minimum atomic E-state index is -3.12. The Bertz CT molecular complexity index is 300. The molecule has 1 aromatic carbocycles. The number of hydrogen-bond acceptors (Lipinski definition) is 3. The lowest BCUT2D eigenvalue weighted by molar-refractivity contribution is -0.0207. The van der Waals surface area contributed by atoms with E-state index in [0.29, 0.717) is 10.6 Å². The maximum absolute atomic E-state index is 10.2. The molecule has 13 heavy (non-hydrogen) atoms. The molecule has 0 aliphatic carbocycles. The van der Waals surface area contributed by atoms with E-state index in [4.69, 9.17) is 16.5 Å². The monoisotopic (exact) mass is 222 g/mol. The first-order chi connectivity index (χ1) is 6.09. The average molecular weight is 223 g/mol. The third-order valence-electron chi connectivity index (χ3n) is 1.37. The number of aliphatic hydroxyl groups is 1. The van der Waals surface area contributed by atoms with Crippen molar-refractivity contribution in [2.45, 2.75) is 6.29 Å². The second kappa shape index (κ2) is 4.74. The molecule has 6 heteroatoms. The molecule has 0 saturated heterocycles. The molecule has 0 aliphatic rings. The third-order valence-corrected chi connectivity index (χ3v) is 2.04. The SMILES string of the molecule is O=[PH](O)OC(O)c1ccc(Cl)cc1. The molecule has 1 aromatic rings. The van der Waals surface area contributed by atoms with E-state index in [1.165, 1.54) is 12.1 Å². The number of hydrogen-bond donors (Lipinski definition) is 2. The zero-order chi connectivity index (χ0) is 9.84. The Balaban J connectivity index is 2.71. The Morgan fingerprint density at radius 2 is 1.92 bits per heavy atom. The van der Waals surface area contributed by atoms with E-state index >= 15 is 0 Å². The summed E-state index contributed by atoms with van der Waals surface area (Å²) in [6.07, 6.45) is -1.38. The molecule has 0 radical (unpaired) electrons. The van der Waals surface area contributed by atoms with Gasteiger partial charge in [0.1, 0.15) is 0 Å². The Morgan fingerprint density at radius 1 is 1.38 bits per heavy atom. The van der Waals surface area contributed by atoms with Crippen molar-refractivity contribution in [1.29, 1.82) is 0 Å². The molecule has 0 saturated carbocycles.